The van der Waals surface area contributed by atoms with Gasteiger partial charge in [0.15, 0.2) is 11.6 Å². The summed E-state index contributed by atoms with van der Waals surface area (Å²) in [4.78, 5) is 28.3. The first-order valence-electron chi connectivity index (χ1n) is 9.31. The van der Waals surface area contributed by atoms with Gasteiger partial charge in [-0.2, -0.15) is 0 Å². The van der Waals surface area contributed by atoms with Crippen molar-refractivity contribution in [3.05, 3.63) is 30.1 Å². The summed E-state index contributed by atoms with van der Waals surface area (Å²) in [6, 6.07) is 5.61. The zero-order valence-corrected chi connectivity index (χ0v) is 16.5. The number of halogens is 1. The zero-order chi connectivity index (χ0) is 20.0. The van der Waals surface area contributed by atoms with Crippen molar-refractivity contribution in [3.63, 3.8) is 0 Å². The Kier molecular flexibility index (Phi) is 7.05. The number of rotatable bonds is 5. The van der Waals surface area contributed by atoms with Gasteiger partial charge >= 0.3 is 6.09 Å². The van der Waals surface area contributed by atoms with Crippen molar-refractivity contribution >= 4 is 12.0 Å². The zero-order valence-electron chi connectivity index (χ0n) is 16.5. The Morgan fingerprint density at radius 2 is 1.96 bits per heavy atom. The third kappa shape index (κ3) is 6.12. The fourth-order valence-corrected chi connectivity index (χ4v) is 2.95. The molecule has 1 aliphatic rings. The van der Waals surface area contributed by atoms with E-state index in [2.05, 4.69) is 0 Å². The molecule has 1 saturated heterocycles. The number of piperidine rings is 1. The molecule has 0 N–H and O–H groups in total. The predicted octanol–water partition coefficient (Wildman–Crippen LogP) is 3.45. The smallest absolute Gasteiger partial charge is 0.410 e. The number of carbonyl (C=O) groups excluding carboxylic acids is 2. The first kappa shape index (κ1) is 21.0. The van der Waals surface area contributed by atoms with Gasteiger partial charge in [0.2, 0.25) is 5.91 Å². The normalized spacial score (nSPS) is 17.4. The van der Waals surface area contributed by atoms with E-state index in [1.165, 1.54) is 15.9 Å². The minimum Gasteiger partial charge on any atom is -0.489 e. The average Bonchev–Trinajstić information content (AvgIpc) is 2.61. The van der Waals surface area contributed by atoms with Crippen LogP contribution in [0.4, 0.5) is 9.18 Å². The molecule has 1 aromatic carbocycles. The van der Waals surface area contributed by atoms with Gasteiger partial charge in [0, 0.05) is 13.6 Å². The minimum absolute atomic E-state index is 0.155. The lowest BCUT2D eigenvalue weighted by atomic mass is 10.0. The first-order chi connectivity index (χ1) is 12.7. The van der Waals surface area contributed by atoms with Crippen LogP contribution in [0.2, 0.25) is 0 Å². The molecule has 0 saturated carbocycles. The second-order valence-corrected chi connectivity index (χ2v) is 7.72. The number of ether oxygens (including phenoxy) is 2. The largest absolute Gasteiger partial charge is 0.489 e. The van der Waals surface area contributed by atoms with Crippen LogP contribution in [0.15, 0.2) is 24.3 Å². The predicted molar refractivity (Wildman–Crippen MR) is 100 cm³/mol. The molecule has 1 fully saturated rings. The van der Waals surface area contributed by atoms with E-state index >= 15 is 0 Å². The number of hydrogen-bond acceptors (Lipinski definition) is 4. The first-order valence-corrected chi connectivity index (χ1v) is 9.31. The third-order valence-electron chi connectivity index (χ3n) is 4.31. The molecule has 1 aliphatic heterocycles. The molecule has 0 radical (unpaired) electrons. The van der Waals surface area contributed by atoms with Crippen molar-refractivity contribution < 1.29 is 23.5 Å². The van der Waals surface area contributed by atoms with Crippen LogP contribution in [0.3, 0.4) is 0 Å². The van der Waals surface area contributed by atoms with Crippen molar-refractivity contribution in [1.29, 1.82) is 0 Å². The van der Waals surface area contributed by atoms with Crippen LogP contribution in [0.5, 0.6) is 5.75 Å². The molecule has 2 amide bonds. The molecule has 1 atom stereocenters. The summed E-state index contributed by atoms with van der Waals surface area (Å²) >= 11 is 0. The highest BCUT2D eigenvalue weighted by molar-refractivity contribution is 5.85. The molecule has 0 aromatic heterocycles. The van der Waals surface area contributed by atoms with Gasteiger partial charge in [-0.1, -0.05) is 12.1 Å². The van der Waals surface area contributed by atoms with E-state index in [1.54, 1.807) is 46.0 Å². The van der Waals surface area contributed by atoms with Gasteiger partial charge in [-0.15, -0.1) is 0 Å². The third-order valence-corrected chi connectivity index (χ3v) is 4.31. The van der Waals surface area contributed by atoms with E-state index in [0.29, 0.717) is 19.5 Å². The lowest BCUT2D eigenvalue weighted by Gasteiger charge is -2.37. The summed E-state index contributed by atoms with van der Waals surface area (Å²) in [7, 11) is 1.66. The van der Waals surface area contributed by atoms with E-state index in [-0.39, 0.29) is 18.3 Å². The molecule has 7 heteroatoms. The van der Waals surface area contributed by atoms with Crippen LogP contribution < -0.4 is 4.74 Å². The van der Waals surface area contributed by atoms with E-state index in [9.17, 15) is 14.0 Å². The summed E-state index contributed by atoms with van der Waals surface area (Å²) in [5.74, 6) is -0.432. The maximum absolute atomic E-state index is 13.6. The molecular formula is C20H29FN2O4. The number of nitrogens with zero attached hydrogens (tertiary/aromatic N) is 2. The van der Waals surface area contributed by atoms with Crippen LogP contribution in [0, 0.1) is 5.82 Å². The molecule has 27 heavy (non-hydrogen) atoms. The molecule has 150 valence electrons. The number of hydrogen-bond donors (Lipinski definition) is 0. The molecule has 0 aliphatic carbocycles. The monoisotopic (exact) mass is 380 g/mol. The Bertz CT molecular complexity index is 660. The quantitative estimate of drug-likeness (QED) is 0.785. The number of amides is 2. The average molecular weight is 380 g/mol. The number of likely N-dealkylation sites (tertiary alicyclic amines) is 1. The van der Waals surface area contributed by atoms with E-state index in [1.807, 2.05) is 0 Å². The van der Waals surface area contributed by atoms with Crippen molar-refractivity contribution in [2.45, 2.75) is 51.7 Å². The van der Waals surface area contributed by atoms with E-state index in [0.717, 1.165) is 12.8 Å². The molecule has 0 bridgehead atoms. The molecule has 2 rings (SSSR count). The van der Waals surface area contributed by atoms with Gasteiger partial charge in [-0.05, 0) is 52.2 Å². The Balaban J connectivity index is 1.92. The standard InChI is InChI=1S/C20H29FN2O4/c1-20(2,3)27-19(25)23-12-8-7-10-16(23)18(24)22(4)13-14-26-17-11-6-5-9-15(17)21/h5-6,9,11,16H,7-8,10,12-14H2,1-4H3/t16-/m0/s1. The van der Waals surface area contributed by atoms with Crippen LogP contribution in [0.1, 0.15) is 40.0 Å². The molecule has 1 aromatic rings. The summed E-state index contributed by atoms with van der Waals surface area (Å²) in [6.45, 7) is 6.38. The van der Waals surface area contributed by atoms with E-state index in [4.69, 9.17) is 9.47 Å². The van der Waals surface area contributed by atoms with E-state index < -0.39 is 23.6 Å². The number of para-hydroxylation sites is 1. The molecule has 0 unspecified atom stereocenters. The van der Waals surface area contributed by atoms with Crippen molar-refractivity contribution in [1.82, 2.24) is 9.80 Å². The minimum atomic E-state index is -0.609. The van der Waals surface area contributed by atoms with Crippen LogP contribution >= 0.6 is 0 Å². The summed E-state index contributed by atoms with van der Waals surface area (Å²) < 4.78 is 24.4. The maximum Gasteiger partial charge on any atom is 0.410 e. The molecular weight excluding hydrogens is 351 g/mol. The Hall–Kier alpha value is -2.31. The SMILES string of the molecule is CN(CCOc1ccccc1F)C(=O)[C@@H]1CCCCN1C(=O)OC(C)(C)C. The Morgan fingerprint density at radius 3 is 2.63 bits per heavy atom. The van der Waals surface area contributed by atoms with Crippen molar-refractivity contribution in [3.8, 4) is 5.75 Å². The van der Waals surface area contributed by atoms with Gasteiger partial charge in [-0.3, -0.25) is 9.69 Å². The number of likely N-dealkylation sites (N-methyl/N-ethyl adjacent to an activating group) is 1. The van der Waals surface area contributed by atoms with Crippen LogP contribution in [0.25, 0.3) is 0 Å². The number of carbonyl (C=O) groups is 2. The van der Waals surface area contributed by atoms with Gasteiger partial charge in [0.05, 0.1) is 6.54 Å². The highest BCUT2D eigenvalue weighted by Gasteiger charge is 2.36. The Labute approximate surface area is 160 Å². The van der Waals surface area contributed by atoms with Crippen molar-refractivity contribution in [2.75, 3.05) is 26.7 Å². The lowest BCUT2D eigenvalue weighted by Crippen LogP contribution is -2.53. The van der Waals surface area contributed by atoms with Gasteiger partial charge < -0.3 is 14.4 Å². The Morgan fingerprint density at radius 1 is 1.26 bits per heavy atom. The fourth-order valence-electron chi connectivity index (χ4n) is 2.95. The van der Waals surface area contributed by atoms with Gasteiger partial charge in [-0.25, -0.2) is 9.18 Å². The van der Waals surface area contributed by atoms with Crippen molar-refractivity contribution in [2.24, 2.45) is 0 Å². The maximum atomic E-state index is 13.6. The fraction of sp³-hybridized carbons (Fsp3) is 0.600. The summed E-state index contributed by atoms with van der Waals surface area (Å²) in [6.07, 6.45) is 1.88. The van der Waals surface area contributed by atoms with Crippen LogP contribution in [-0.2, 0) is 9.53 Å². The second-order valence-electron chi connectivity index (χ2n) is 7.72. The second kappa shape index (κ2) is 9.06. The lowest BCUT2D eigenvalue weighted by molar-refractivity contribution is -0.137. The van der Waals surface area contributed by atoms with Crippen LogP contribution in [-0.4, -0.2) is 60.2 Å². The summed E-state index contributed by atoms with van der Waals surface area (Å²) in [5.41, 5.74) is -0.609. The molecule has 6 nitrogen and oxygen atoms in total. The number of benzene rings is 1. The van der Waals surface area contributed by atoms with Gasteiger partial charge in [0.25, 0.3) is 0 Å². The summed E-state index contributed by atoms with van der Waals surface area (Å²) in [5, 5.41) is 0. The molecule has 1 heterocycles. The topological polar surface area (TPSA) is 59.1 Å². The highest BCUT2D eigenvalue weighted by Crippen LogP contribution is 2.22. The van der Waals surface area contributed by atoms with Gasteiger partial charge in [0.1, 0.15) is 18.2 Å². The molecule has 0 spiro atoms. The highest BCUT2D eigenvalue weighted by atomic mass is 19.1.